The maximum Gasteiger partial charge on any atom is 0.391 e. The maximum absolute atomic E-state index is 12.8. The predicted octanol–water partition coefficient (Wildman–Crippen LogP) is 4.18. The van der Waals surface area contributed by atoms with E-state index in [0.29, 0.717) is 18.2 Å². The third-order valence-corrected chi connectivity index (χ3v) is 5.79. The Hall–Kier alpha value is -0.260. The van der Waals surface area contributed by atoms with Gasteiger partial charge in [0.2, 0.25) is 5.91 Å². The van der Waals surface area contributed by atoms with Crippen LogP contribution in [0.2, 0.25) is 0 Å². The zero-order chi connectivity index (χ0) is 14.8. The highest BCUT2D eigenvalue weighted by molar-refractivity contribution is 9.09. The molecule has 0 spiro atoms. The SMILES string of the molecule is O=C(NC1(CBr)CCCC1)C1CCCC(C(F)(F)F)C1. The molecule has 20 heavy (non-hydrogen) atoms. The smallest absolute Gasteiger partial charge is 0.350 e. The summed E-state index contributed by atoms with van der Waals surface area (Å²) >= 11 is 3.43. The Balaban J connectivity index is 1.95. The van der Waals surface area contributed by atoms with Crippen LogP contribution in [-0.4, -0.2) is 23.0 Å². The zero-order valence-electron chi connectivity index (χ0n) is 11.4. The molecule has 1 N–H and O–H groups in total. The first-order chi connectivity index (χ1) is 9.36. The van der Waals surface area contributed by atoms with E-state index in [9.17, 15) is 18.0 Å². The van der Waals surface area contributed by atoms with E-state index in [4.69, 9.17) is 0 Å². The van der Waals surface area contributed by atoms with Gasteiger partial charge in [0.15, 0.2) is 0 Å². The van der Waals surface area contributed by atoms with E-state index in [2.05, 4.69) is 21.2 Å². The average Bonchev–Trinajstić information content (AvgIpc) is 2.87. The number of hydrogen-bond acceptors (Lipinski definition) is 1. The molecule has 0 radical (unpaired) electrons. The van der Waals surface area contributed by atoms with Crippen molar-refractivity contribution in [2.75, 3.05) is 5.33 Å². The molecule has 0 aromatic rings. The Morgan fingerprint density at radius 3 is 2.40 bits per heavy atom. The van der Waals surface area contributed by atoms with Crippen LogP contribution in [0.25, 0.3) is 0 Å². The number of carbonyl (C=O) groups is 1. The highest BCUT2D eigenvalue weighted by Crippen LogP contribution is 2.40. The van der Waals surface area contributed by atoms with E-state index >= 15 is 0 Å². The van der Waals surface area contributed by atoms with Crippen molar-refractivity contribution in [3.05, 3.63) is 0 Å². The van der Waals surface area contributed by atoms with Gasteiger partial charge in [-0.1, -0.05) is 35.2 Å². The summed E-state index contributed by atoms with van der Waals surface area (Å²) in [4.78, 5) is 12.3. The van der Waals surface area contributed by atoms with Crippen LogP contribution in [0.3, 0.4) is 0 Å². The molecule has 1 amide bonds. The number of nitrogens with one attached hydrogen (secondary N) is 1. The third kappa shape index (κ3) is 3.68. The second kappa shape index (κ2) is 6.24. The molecule has 0 aromatic heterocycles. The van der Waals surface area contributed by atoms with E-state index in [0.717, 1.165) is 25.7 Å². The standard InChI is InChI=1S/C14H21BrF3NO/c15-9-13(6-1-2-7-13)19-12(20)10-4-3-5-11(8-10)14(16,17)18/h10-11H,1-9H2,(H,19,20). The quantitative estimate of drug-likeness (QED) is 0.756. The van der Waals surface area contributed by atoms with Crippen molar-refractivity contribution in [3.63, 3.8) is 0 Å². The van der Waals surface area contributed by atoms with Gasteiger partial charge in [-0.2, -0.15) is 13.2 Å². The van der Waals surface area contributed by atoms with Crippen LogP contribution in [0.5, 0.6) is 0 Å². The van der Waals surface area contributed by atoms with E-state index < -0.39 is 18.0 Å². The first-order valence-corrected chi connectivity index (χ1v) is 8.43. The number of hydrogen-bond donors (Lipinski definition) is 1. The van der Waals surface area contributed by atoms with Crippen LogP contribution in [0.4, 0.5) is 13.2 Å². The van der Waals surface area contributed by atoms with Crippen molar-refractivity contribution >= 4 is 21.8 Å². The second-order valence-corrected chi connectivity index (χ2v) is 6.77. The lowest BCUT2D eigenvalue weighted by molar-refractivity contribution is -0.186. The predicted molar refractivity (Wildman–Crippen MR) is 74.6 cm³/mol. The number of rotatable bonds is 3. The molecule has 0 bridgehead atoms. The van der Waals surface area contributed by atoms with Gasteiger partial charge in [0, 0.05) is 16.8 Å². The highest BCUT2D eigenvalue weighted by atomic mass is 79.9. The first-order valence-electron chi connectivity index (χ1n) is 7.31. The summed E-state index contributed by atoms with van der Waals surface area (Å²) in [6.07, 6.45) is 0.993. The molecule has 116 valence electrons. The summed E-state index contributed by atoms with van der Waals surface area (Å²) < 4.78 is 38.4. The first kappa shape index (κ1) is 16.1. The van der Waals surface area contributed by atoms with Gasteiger partial charge in [-0.15, -0.1) is 0 Å². The topological polar surface area (TPSA) is 29.1 Å². The van der Waals surface area contributed by atoms with Crippen LogP contribution in [-0.2, 0) is 4.79 Å². The van der Waals surface area contributed by atoms with Crippen molar-refractivity contribution in [2.24, 2.45) is 11.8 Å². The minimum absolute atomic E-state index is 0.0479. The molecule has 2 aliphatic carbocycles. The maximum atomic E-state index is 12.8. The van der Waals surface area contributed by atoms with E-state index in [-0.39, 0.29) is 24.3 Å². The molecular formula is C14H21BrF3NO. The van der Waals surface area contributed by atoms with Gasteiger partial charge in [0.1, 0.15) is 0 Å². The normalized spacial score (nSPS) is 30.2. The fraction of sp³-hybridized carbons (Fsp3) is 0.929. The van der Waals surface area contributed by atoms with Crippen molar-refractivity contribution in [1.82, 2.24) is 5.32 Å². The van der Waals surface area contributed by atoms with Crippen molar-refractivity contribution in [3.8, 4) is 0 Å². The molecule has 0 heterocycles. The molecule has 2 unspecified atom stereocenters. The molecule has 6 heteroatoms. The number of alkyl halides is 4. The average molecular weight is 356 g/mol. The monoisotopic (exact) mass is 355 g/mol. The summed E-state index contributed by atoms with van der Waals surface area (Å²) in [6.45, 7) is 0. The Bertz CT molecular complexity index is 353. The van der Waals surface area contributed by atoms with Gasteiger partial charge < -0.3 is 5.32 Å². The summed E-state index contributed by atoms with van der Waals surface area (Å²) in [5.41, 5.74) is -0.234. The summed E-state index contributed by atoms with van der Waals surface area (Å²) in [7, 11) is 0. The largest absolute Gasteiger partial charge is 0.391 e. The van der Waals surface area contributed by atoms with Crippen LogP contribution in [0.15, 0.2) is 0 Å². The third-order valence-electron chi connectivity index (χ3n) is 4.71. The Labute approximate surface area is 126 Å². The Morgan fingerprint density at radius 1 is 1.20 bits per heavy atom. The summed E-state index contributed by atoms with van der Waals surface area (Å²) in [6, 6.07) is 0. The fourth-order valence-electron chi connectivity index (χ4n) is 3.43. The lowest BCUT2D eigenvalue weighted by Crippen LogP contribution is -2.50. The molecule has 2 aliphatic rings. The zero-order valence-corrected chi connectivity index (χ0v) is 13.0. The molecule has 2 rings (SSSR count). The van der Waals surface area contributed by atoms with Crippen molar-refractivity contribution in [1.29, 1.82) is 0 Å². The minimum atomic E-state index is -4.17. The minimum Gasteiger partial charge on any atom is -0.350 e. The fourth-order valence-corrected chi connectivity index (χ4v) is 4.13. The van der Waals surface area contributed by atoms with Crippen LogP contribution in [0, 0.1) is 11.8 Å². The van der Waals surface area contributed by atoms with E-state index in [1.807, 2.05) is 0 Å². The van der Waals surface area contributed by atoms with E-state index in [1.54, 1.807) is 0 Å². The summed E-state index contributed by atoms with van der Waals surface area (Å²) in [5, 5.41) is 3.71. The van der Waals surface area contributed by atoms with Gasteiger partial charge in [-0.05, 0) is 32.1 Å². The Kier molecular flexibility index (Phi) is 5.03. The van der Waals surface area contributed by atoms with Gasteiger partial charge in [-0.3, -0.25) is 4.79 Å². The van der Waals surface area contributed by atoms with Gasteiger partial charge in [0.05, 0.1) is 5.92 Å². The van der Waals surface area contributed by atoms with Crippen LogP contribution < -0.4 is 5.32 Å². The molecule has 2 nitrogen and oxygen atoms in total. The lowest BCUT2D eigenvalue weighted by atomic mass is 9.80. The summed E-state index contributed by atoms with van der Waals surface area (Å²) in [5.74, 6) is -1.97. The number of carbonyl (C=O) groups excluding carboxylic acids is 1. The van der Waals surface area contributed by atoms with Gasteiger partial charge in [-0.25, -0.2) is 0 Å². The Morgan fingerprint density at radius 2 is 1.85 bits per heavy atom. The van der Waals surface area contributed by atoms with Crippen LogP contribution >= 0.6 is 15.9 Å². The molecular weight excluding hydrogens is 335 g/mol. The molecule has 0 aliphatic heterocycles. The number of amides is 1. The molecule has 0 aromatic carbocycles. The van der Waals surface area contributed by atoms with E-state index in [1.165, 1.54) is 0 Å². The molecule has 2 atom stereocenters. The van der Waals surface area contributed by atoms with Gasteiger partial charge >= 0.3 is 6.18 Å². The highest BCUT2D eigenvalue weighted by Gasteiger charge is 2.44. The molecule has 2 fully saturated rings. The number of halogens is 4. The van der Waals surface area contributed by atoms with Crippen molar-refractivity contribution < 1.29 is 18.0 Å². The molecule has 0 saturated heterocycles. The van der Waals surface area contributed by atoms with Crippen molar-refractivity contribution in [2.45, 2.75) is 63.1 Å². The van der Waals surface area contributed by atoms with Crippen LogP contribution in [0.1, 0.15) is 51.4 Å². The molecule has 2 saturated carbocycles. The van der Waals surface area contributed by atoms with Gasteiger partial charge in [0.25, 0.3) is 0 Å². The lowest BCUT2D eigenvalue weighted by Gasteiger charge is -2.34. The second-order valence-electron chi connectivity index (χ2n) is 6.21.